The third kappa shape index (κ3) is 2.71. The molecule has 3 nitrogen and oxygen atoms in total. The van der Waals surface area contributed by atoms with Gasteiger partial charge in [0.05, 0.1) is 17.2 Å². The van der Waals surface area contributed by atoms with Crippen molar-refractivity contribution < 1.29 is 0 Å². The number of aromatic nitrogens is 2. The van der Waals surface area contributed by atoms with Crippen LogP contribution in [0.3, 0.4) is 0 Å². The minimum Gasteiger partial charge on any atom is -0.322 e. The van der Waals surface area contributed by atoms with E-state index in [1.807, 2.05) is 16.9 Å². The van der Waals surface area contributed by atoms with Gasteiger partial charge in [-0.15, -0.1) is 0 Å². The molecule has 0 amide bonds. The zero-order valence-electron chi connectivity index (χ0n) is 9.10. The van der Waals surface area contributed by atoms with E-state index in [1.165, 1.54) is 5.56 Å². The predicted octanol–water partition coefficient (Wildman–Crippen LogP) is 2.65. The van der Waals surface area contributed by atoms with E-state index in [1.54, 1.807) is 6.20 Å². The van der Waals surface area contributed by atoms with Gasteiger partial charge in [0, 0.05) is 12.2 Å². The normalized spacial score (nSPS) is 12.7. The smallest absolute Gasteiger partial charge is 0.0632 e. The van der Waals surface area contributed by atoms with Crippen molar-refractivity contribution in [3.8, 4) is 0 Å². The number of halogens is 1. The second kappa shape index (κ2) is 4.80. The van der Waals surface area contributed by atoms with Crippen LogP contribution in [0.1, 0.15) is 17.2 Å². The summed E-state index contributed by atoms with van der Waals surface area (Å²) in [6.45, 7) is 2.76. The summed E-state index contributed by atoms with van der Waals surface area (Å²) in [5.74, 6) is 0. The summed E-state index contributed by atoms with van der Waals surface area (Å²) in [6.07, 6.45) is 3.69. The van der Waals surface area contributed by atoms with Crippen LogP contribution in [0.15, 0.2) is 41.1 Å². The Bertz CT molecular complexity index is 479. The molecule has 1 atom stereocenters. The molecular weight excluding hydrogens is 266 g/mol. The van der Waals surface area contributed by atoms with E-state index >= 15 is 0 Å². The van der Waals surface area contributed by atoms with Gasteiger partial charge in [0.15, 0.2) is 0 Å². The van der Waals surface area contributed by atoms with Crippen LogP contribution in [0.25, 0.3) is 0 Å². The van der Waals surface area contributed by atoms with Gasteiger partial charge in [0.2, 0.25) is 0 Å². The first-order chi connectivity index (χ1) is 7.65. The molecule has 2 aromatic rings. The molecule has 1 aromatic carbocycles. The maximum Gasteiger partial charge on any atom is 0.0632 e. The molecular formula is C12H14BrN3. The largest absolute Gasteiger partial charge is 0.322 e. The first-order valence-corrected chi connectivity index (χ1v) is 5.94. The number of nitrogens with zero attached hydrogens (tertiary/aromatic N) is 2. The molecule has 0 saturated heterocycles. The fraction of sp³-hybridized carbons (Fsp3) is 0.250. The van der Waals surface area contributed by atoms with E-state index in [4.69, 9.17) is 5.73 Å². The lowest BCUT2D eigenvalue weighted by molar-refractivity contribution is 0.527. The van der Waals surface area contributed by atoms with Crippen LogP contribution in [0.2, 0.25) is 0 Å². The Morgan fingerprint density at radius 2 is 2.31 bits per heavy atom. The predicted molar refractivity (Wildman–Crippen MR) is 68.0 cm³/mol. The van der Waals surface area contributed by atoms with Gasteiger partial charge < -0.3 is 5.73 Å². The molecule has 0 aliphatic rings. The van der Waals surface area contributed by atoms with Gasteiger partial charge in [-0.05, 0) is 28.4 Å². The third-order valence-corrected chi connectivity index (χ3v) is 2.87. The highest BCUT2D eigenvalue weighted by atomic mass is 79.9. The van der Waals surface area contributed by atoms with Crippen molar-refractivity contribution in [2.45, 2.75) is 19.5 Å². The fourth-order valence-electron chi connectivity index (χ4n) is 1.65. The third-order valence-electron chi connectivity index (χ3n) is 2.46. The Morgan fingerprint density at radius 3 is 2.94 bits per heavy atom. The van der Waals surface area contributed by atoms with Crippen LogP contribution >= 0.6 is 15.9 Å². The molecule has 0 bridgehead atoms. The summed E-state index contributed by atoms with van der Waals surface area (Å²) >= 11 is 3.37. The van der Waals surface area contributed by atoms with E-state index in [0.29, 0.717) is 6.54 Å². The lowest BCUT2D eigenvalue weighted by atomic mass is 10.1. The van der Waals surface area contributed by atoms with Crippen molar-refractivity contribution in [3.05, 3.63) is 52.3 Å². The molecule has 0 saturated carbocycles. The molecule has 1 heterocycles. The van der Waals surface area contributed by atoms with Crippen LogP contribution in [0.5, 0.6) is 0 Å². The topological polar surface area (TPSA) is 43.8 Å². The molecule has 1 unspecified atom stereocenters. The first-order valence-electron chi connectivity index (χ1n) is 5.15. The van der Waals surface area contributed by atoms with Crippen molar-refractivity contribution in [1.29, 1.82) is 0 Å². The molecule has 0 aliphatic heterocycles. The van der Waals surface area contributed by atoms with Crippen molar-refractivity contribution in [2.75, 3.05) is 0 Å². The van der Waals surface area contributed by atoms with Crippen molar-refractivity contribution in [2.24, 2.45) is 5.73 Å². The van der Waals surface area contributed by atoms with Crippen LogP contribution in [0, 0.1) is 6.92 Å². The van der Waals surface area contributed by atoms with Gasteiger partial charge in [-0.3, -0.25) is 4.68 Å². The Hall–Kier alpha value is -1.13. The van der Waals surface area contributed by atoms with Gasteiger partial charge in [-0.2, -0.15) is 5.10 Å². The number of hydrogen-bond acceptors (Lipinski definition) is 2. The molecule has 0 radical (unpaired) electrons. The Kier molecular flexibility index (Phi) is 3.41. The highest BCUT2D eigenvalue weighted by Gasteiger charge is 2.07. The number of hydrogen-bond donors (Lipinski definition) is 1. The second-order valence-corrected chi connectivity index (χ2v) is 4.82. The van der Waals surface area contributed by atoms with E-state index in [-0.39, 0.29) is 6.04 Å². The molecule has 84 valence electrons. The molecule has 16 heavy (non-hydrogen) atoms. The van der Waals surface area contributed by atoms with Gasteiger partial charge >= 0.3 is 0 Å². The summed E-state index contributed by atoms with van der Waals surface area (Å²) in [4.78, 5) is 0. The highest BCUT2D eigenvalue weighted by Crippen LogP contribution is 2.15. The average Bonchev–Trinajstić information content (AvgIpc) is 2.64. The van der Waals surface area contributed by atoms with Crippen LogP contribution < -0.4 is 5.73 Å². The molecule has 2 rings (SSSR count). The summed E-state index contributed by atoms with van der Waals surface area (Å²) in [7, 11) is 0. The number of aryl methyl sites for hydroxylation is 1. The Morgan fingerprint density at radius 1 is 1.50 bits per heavy atom. The molecule has 0 spiro atoms. The van der Waals surface area contributed by atoms with E-state index in [0.717, 1.165) is 10.0 Å². The van der Waals surface area contributed by atoms with Crippen LogP contribution in [-0.2, 0) is 6.54 Å². The zero-order valence-corrected chi connectivity index (χ0v) is 10.7. The van der Waals surface area contributed by atoms with Crippen molar-refractivity contribution in [1.82, 2.24) is 9.78 Å². The van der Waals surface area contributed by atoms with E-state index < -0.39 is 0 Å². The lowest BCUT2D eigenvalue weighted by Gasteiger charge is -2.12. The van der Waals surface area contributed by atoms with Gasteiger partial charge in [-0.25, -0.2) is 0 Å². The first kappa shape index (κ1) is 11.4. The minimum absolute atomic E-state index is 0.0216. The van der Waals surface area contributed by atoms with Gasteiger partial charge in [-0.1, -0.05) is 29.8 Å². The molecule has 4 heteroatoms. The second-order valence-electron chi connectivity index (χ2n) is 3.90. The Balaban J connectivity index is 2.11. The zero-order chi connectivity index (χ0) is 11.5. The van der Waals surface area contributed by atoms with Gasteiger partial charge in [0.1, 0.15) is 0 Å². The summed E-state index contributed by atoms with van der Waals surface area (Å²) in [5, 5.41) is 4.19. The van der Waals surface area contributed by atoms with Crippen molar-refractivity contribution in [3.63, 3.8) is 0 Å². The van der Waals surface area contributed by atoms with E-state index in [9.17, 15) is 0 Å². The SMILES string of the molecule is Cc1cccc(C(N)Cn2cc(Br)cn2)c1. The minimum atomic E-state index is -0.0216. The van der Waals surface area contributed by atoms with Gasteiger partial charge in [0.25, 0.3) is 0 Å². The standard InChI is InChI=1S/C12H14BrN3/c1-9-3-2-4-10(5-9)12(14)8-16-7-11(13)6-15-16/h2-7,12H,8,14H2,1H3. The quantitative estimate of drug-likeness (QED) is 0.939. The summed E-state index contributed by atoms with van der Waals surface area (Å²) in [6, 6.07) is 8.25. The summed E-state index contributed by atoms with van der Waals surface area (Å²) < 4.78 is 2.82. The summed E-state index contributed by atoms with van der Waals surface area (Å²) in [5.41, 5.74) is 8.51. The Labute approximate surface area is 103 Å². The highest BCUT2D eigenvalue weighted by molar-refractivity contribution is 9.10. The van der Waals surface area contributed by atoms with Crippen LogP contribution in [-0.4, -0.2) is 9.78 Å². The van der Waals surface area contributed by atoms with E-state index in [2.05, 4.69) is 46.2 Å². The maximum absolute atomic E-state index is 6.13. The molecule has 0 aliphatic carbocycles. The molecule has 0 fully saturated rings. The lowest BCUT2D eigenvalue weighted by Crippen LogP contribution is -2.17. The maximum atomic E-state index is 6.13. The number of rotatable bonds is 3. The van der Waals surface area contributed by atoms with Crippen molar-refractivity contribution >= 4 is 15.9 Å². The monoisotopic (exact) mass is 279 g/mol. The average molecular weight is 280 g/mol. The molecule has 2 N–H and O–H groups in total. The number of nitrogens with two attached hydrogens (primary N) is 1. The number of benzene rings is 1. The fourth-order valence-corrected chi connectivity index (χ4v) is 1.97. The molecule has 1 aromatic heterocycles. The van der Waals surface area contributed by atoms with Crippen LogP contribution in [0.4, 0.5) is 0 Å².